The van der Waals surface area contributed by atoms with Gasteiger partial charge in [-0.25, -0.2) is 9.36 Å². The number of nitrogens with one attached hydrogen (secondary N) is 1. The highest BCUT2D eigenvalue weighted by molar-refractivity contribution is 6.30. The Labute approximate surface area is 102 Å². The third-order valence-corrected chi connectivity index (χ3v) is 2.84. The lowest BCUT2D eigenvalue weighted by Crippen LogP contribution is -2.35. The lowest BCUT2D eigenvalue weighted by atomic mass is 10.2. The summed E-state index contributed by atoms with van der Waals surface area (Å²) >= 11 is 5.83. The van der Waals surface area contributed by atoms with E-state index in [0.717, 1.165) is 4.57 Å². The smallest absolute Gasteiger partial charge is 0.297 e. The predicted molar refractivity (Wildman–Crippen MR) is 67.0 cm³/mol. The van der Waals surface area contributed by atoms with Gasteiger partial charge in [-0.05, 0) is 18.6 Å². The molecule has 0 saturated heterocycles. The minimum absolute atomic E-state index is 0.120. The fraction of sp³-hybridized carbons (Fsp3) is 0.167. The van der Waals surface area contributed by atoms with E-state index in [-0.39, 0.29) is 10.7 Å². The SMILES string of the molecule is CCc1c(Cl)[nH]c(=O)n(-c2ccccc2)c1=O. The molecule has 0 aliphatic heterocycles. The number of hydrogen-bond acceptors (Lipinski definition) is 2. The summed E-state index contributed by atoms with van der Waals surface area (Å²) in [4.78, 5) is 26.3. The molecule has 1 N–H and O–H groups in total. The number of para-hydroxylation sites is 1. The molecule has 0 fully saturated rings. The van der Waals surface area contributed by atoms with Gasteiger partial charge in [-0.1, -0.05) is 36.7 Å². The molecule has 1 heterocycles. The molecule has 17 heavy (non-hydrogen) atoms. The van der Waals surface area contributed by atoms with Crippen molar-refractivity contribution >= 4 is 11.6 Å². The van der Waals surface area contributed by atoms with Gasteiger partial charge in [0.1, 0.15) is 5.15 Å². The first-order chi connectivity index (χ1) is 8.15. The van der Waals surface area contributed by atoms with Crippen molar-refractivity contribution in [1.82, 2.24) is 9.55 Å². The van der Waals surface area contributed by atoms with E-state index in [1.165, 1.54) is 0 Å². The summed E-state index contributed by atoms with van der Waals surface area (Å²) in [7, 11) is 0. The molecule has 0 atom stereocenters. The van der Waals surface area contributed by atoms with Crippen LogP contribution < -0.4 is 11.2 Å². The van der Waals surface area contributed by atoms with Gasteiger partial charge in [0.05, 0.1) is 11.3 Å². The van der Waals surface area contributed by atoms with Crippen molar-refractivity contribution < 1.29 is 0 Å². The second-order valence-corrected chi connectivity index (χ2v) is 3.93. The van der Waals surface area contributed by atoms with Crippen LogP contribution in [-0.4, -0.2) is 9.55 Å². The largest absolute Gasteiger partial charge is 0.334 e. The summed E-state index contributed by atoms with van der Waals surface area (Å²) in [5.74, 6) is 0. The molecule has 0 unspecified atom stereocenters. The summed E-state index contributed by atoms with van der Waals surface area (Å²) in [6.07, 6.45) is 0.473. The number of aromatic nitrogens is 2. The van der Waals surface area contributed by atoms with Crippen LogP contribution in [0, 0.1) is 0 Å². The highest BCUT2D eigenvalue weighted by Gasteiger charge is 2.11. The molecular formula is C12H11ClN2O2. The van der Waals surface area contributed by atoms with Gasteiger partial charge in [0.15, 0.2) is 0 Å². The summed E-state index contributed by atoms with van der Waals surface area (Å²) in [5, 5.41) is 0.120. The van der Waals surface area contributed by atoms with Crippen molar-refractivity contribution in [2.45, 2.75) is 13.3 Å². The number of rotatable bonds is 2. The number of aromatic amines is 1. The number of H-pyrrole nitrogens is 1. The molecule has 2 rings (SSSR count). The maximum absolute atomic E-state index is 12.1. The van der Waals surface area contributed by atoms with E-state index in [1.54, 1.807) is 24.3 Å². The molecule has 0 radical (unpaired) electrons. The van der Waals surface area contributed by atoms with E-state index in [9.17, 15) is 9.59 Å². The molecule has 2 aromatic rings. The molecule has 0 spiro atoms. The third-order valence-electron chi connectivity index (χ3n) is 2.51. The van der Waals surface area contributed by atoms with Crippen LogP contribution in [0.4, 0.5) is 0 Å². The van der Waals surface area contributed by atoms with Crippen LogP contribution in [-0.2, 0) is 6.42 Å². The summed E-state index contributed by atoms with van der Waals surface area (Å²) in [6.45, 7) is 1.82. The van der Waals surface area contributed by atoms with Gasteiger partial charge in [-0.15, -0.1) is 0 Å². The van der Waals surface area contributed by atoms with Gasteiger partial charge in [-0.3, -0.25) is 9.78 Å². The molecule has 5 heteroatoms. The topological polar surface area (TPSA) is 54.9 Å². The van der Waals surface area contributed by atoms with Gasteiger partial charge in [-0.2, -0.15) is 0 Å². The summed E-state index contributed by atoms with van der Waals surface area (Å²) < 4.78 is 1.09. The van der Waals surface area contributed by atoms with E-state index in [1.807, 2.05) is 13.0 Å². The van der Waals surface area contributed by atoms with Crippen molar-refractivity contribution in [3.05, 3.63) is 61.9 Å². The van der Waals surface area contributed by atoms with Crippen molar-refractivity contribution in [2.24, 2.45) is 0 Å². The standard InChI is InChI=1S/C12H11ClN2O2/c1-2-9-10(13)14-12(17)15(11(9)16)8-6-4-3-5-7-8/h3-7H,2H2,1H3,(H,14,17). The number of halogens is 1. The molecule has 1 aromatic carbocycles. The Morgan fingerprint density at radius 1 is 1.24 bits per heavy atom. The first kappa shape index (κ1) is 11.7. The van der Waals surface area contributed by atoms with Crippen LogP contribution >= 0.6 is 11.6 Å². The predicted octanol–water partition coefficient (Wildman–Crippen LogP) is 1.74. The average Bonchev–Trinajstić information content (AvgIpc) is 2.30. The van der Waals surface area contributed by atoms with Gasteiger partial charge in [0.2, 0.25) is 0 Å². The fourth-order valence-corrected chi connectivity index (χ4v) is 1.96. The van der Waals surface area contributed by atoms with Gasteiger partial charge in [0, 0.05) is 0 Å². The lowest BCUT2D eigenvalue weighted by Gasteiger charge is -2.07. The van der Waals surface area contributed by atoms with Crippen LogP contribution in [0.15, 0.2) is 39.9 Å². The average molecular weight is 251 g/mol. The molecule has 0 bridgehead atoms. The Kier molecular flexibility index (Phi) is 3.15. The highest BCUT2D eigenvalue weighted by atomic mass is 35.5. The Bertz CT molecular complexity index is 644. The van der Waals surface area contributed by atoms with Crippen LogP contribution in [0.1, 0.15) is 12.5 Å². The zero-order valence-electron chi connectivity index (χ0n) is 9.24. The van der Waals surface area contributed by atoms with Crippen molar-refractivity contribution in [3.63, 3.8) is 0 Å². The maximum atomic E-state index is 12.1. The molecule has 1 aromatic heterocycles. The lowest BCUT2D eigenvalue weighted by molar-refractivity contribution is 0.842. The normalized spacial score (nSPS) is 10.5. The van der Waals surface area contributed by atoms with Crippen LogP contribution in [0.25, 0.3) is 5.69 Å². The fourth-order valence-electron chi connectivity index (χ4n) is 1.66. The van der Waals surface area contributed by atoms with Crippen molar-refractivity contribution in [1.29, 1.82) is 0 Å². The summed E-state index contributed by atoms with van der Waals surface area (Å²) in [6, 6.07) is 8.75. The van der Waals surface area contributed by atoms with Crippen LogP contribution in [0.3, 0.4) is 0 Å². The third kappa shape index (κ3) is 2.03. The quantitative estimate of drug-likeness (QED) is 0.826. The summed E-state index contributed by atoms with van der Waals surface area (Å²) in [5.41, 5.74) is 0.0519. The van der Waals surface area contributed by atoms with Crippen molar-refractivity contribution in [3.8, 4) is 5.69 Å². The number of hydrogen-bond donors (Lipinski definition) is 1. The number of benzene rings is 1. The zero-order chi connectivity index (χ0) is 12.4. The monoisotopic (exact) mass is 250 g/mol. The first-order valence-electron chi connectivity index (χ1n) is 5.24. The molecule has 0 aliphatic carbocycles. The maximum Gasteiger partial charge on any atom is 0.334 e. The Balaban J connectivity index is 2.80. The number of nitrogens with zero attached hydrogens (tertiary/aromatic N) is 1. The second kappa shape index (κ2) is 4.59. The minimum atomic E-state index is -0.525. The zero-order valence-corrected chi connectivity index (χ0v) is 9.99. The second-order valence-electron chi connectivity index (χ2n) is 3.55. The molecule has 88 valence electrons. The van der Waals surface area contributed by atoms with E-state index < -0.39 is 5.69 Å². The van der Waals surface area contributed by atoms with E-state index >= 15 is 0 Å². The molecule has 0 aliphatic rings. The Hall–Kier alpha value is -1.81. The van der Waals surface area contributed by atoms with Crippen LogP contribution in [0.5, 0.6) is 0 Å². The Morgan fingerprint density at radius 2 is 1.88 bits per heavy atom. The molecule has 0 amide bonds. The van der Waals surface area contributed by atoms with Gasteiger partial charge < -0.3 is 0 Å². The van der Waals surface area contributed by atoms with E-state index in [2.05, 4.69) is 4.98 Å². The minimum Gasteiger partial charge on any atom is -0.297 e. The van der Waals surface area contributed by atoms with E-state index in [0.29, 0.717) is 17.7 Å². The van der Waals surface area contributed by atoms with Gasteiger partial charge >= 0.3 is 5.69 Å². The first-order valence-corrected chi connectivity index (χ1v) is 5.62. The molecular weight excluding hydrogens is 240 g/mol. The Morgan fingerprint density at radius 3 is 2.47 bits per heavy atom. The van der Waals surface area contributed by atoms with Crippen LogP contribution in [0.2, 0.25) is 5.15 Å². The van der Waals surface area contributed by atoms with Gasteiger partial charge in [0.25, 0.3) is 5.56 Å². The van der Waals surface area contributed by atoms with E-state index in [4.69, 9.17) is 11.6 Å². The van der Waals surface area contributed by atoms with Crippen molar-refractivity contribution in [2.75, 3.05) is 0 Å². The molecule has 0 saturated carbocycles. The highest BCUT2D eigenvalue weighted by Crippen LogP contribution is 2.08. The molecule has 4 nitrogen and oxygen atoms in total.